The van der Waals surface area contributed by atoms with Crippen molar-refractivity contribution in [1.82, 2.24) is 54.6 Å². The van der Waals surface area contributed by atoms with Crippen LogP contribution in [0.25, 0.3) is 22.3 Å². The summed E-state index contributed by atoms with van der Waals surface area (Å²) in [6.45, 7) is 1.66. The molecule has 90 heavy (non-hydrogen) atoms. The molecule has 4 unspecified atom stereocenters. The fraction of sp³-hybridized carbons (Fsp3) is 0.537. The number of phosphoric ester groups is 2. The Bertz CT molecular complexity index is 3660. The van der Waals surface area contributed by atoms with Gasteiger partial charge in [-0.25, -0.2) is 33.9 Å². The number of fused-ring (bicyclic) bond motifs is 5. The van der Waals surface area contributed by atoms with Gasteiger partial charge >= 0.3 is 21.7 Å². The van der Waals surface area contributed by atoms with Crippen molar-refractivity contribution < 1.29 is 89.9 Å². The highest BCUT2D eigenvalue weighted by atomic mass is 31.2. The number of phosphoric acid groups is 2. The van der Waals surface area contributed by atoms with Gasteiger partial charge in [0.1, 0.15) is 48.7 Å². The Hall–Kier alpha value is -7.75. The van der Waals surface area contributed by atoms with Crippen molar-refractivity contribution in [1.29, 1.82) is 0 Å². The summed E-state index contributed by atoms with van der Waals surface area (Å²) in [4.78, 5) is 149. The van der Waals surface area contributed by atoms with E-state index in [1.54, 1.807) is 38.1 Å². The summed E-state index contributed by atoms with van der Waals surface area (Å²) in [5.74, 6) is -4.66. The molecule has 2 bridgehead atoms. The summed E-state index contributed by atoms with van der Waals surface area (Å²) < 4.78 is 70.4. The third-order valence-electron chi connectivity index (χ3n) is 15.7. The molecule has 4 aromatic heterocycles. The number of aromatic nitrogens is 8. The maximum atomic E-state index is 14.1. The first-order valence-corrected chi connectivity index (χ1v) is 31.9. The van der Waals surface area contributed by atoms with Gasteiger partial charge < -0.3 is 56.9 Å². The highest BCUT2D eigenvalue weighted by Crippen LogP contribution is 2.55. The molecule has 12 N–H and O–H groups in total. The molecule has 12 atom stereocenters. The largest absolute Gasteiger partial charge is 0.472 e. The van der Waals surface area contributed by atoms with E-state index in [-0.39, 0.29) is 122 Å². The van der Waals surface area contributed by atoms with Gasteiger partial charge in [0.05, 0.1) is 38.0 Å². The number of aliphatic hydroxyl groups is 1. The standard InChI is InChI=1S/C54H70N14O20P2/c1-28(2)33(21-31(69)8-4-3-7-19-66-39(72)15-16-40(66)73)49(75)63-34(9-5-6-10-38(55)71)35(70)20-29-11-13-30(14-12-29)22-82-54(77)58-18-17-32-36-23-83-90(80,81)88-45-37(86-51(43(45)74)67-26-61-41-46(56)59-25-60-47(41)67)24-84-89(78,79)87-44(32)52(85-36)68-27-62-42-48(68)64-53(57)65-50(42)76/h11-16,25-28,32-34,36-37,43-45,51-52,74H,3-10,17-24H2,1-2H3,(H2,55,71)(H,58,77)(H,63,75)(H,78,79)(H,80,81)(H2,56,59,60)(H3,57,64,65,76)/t32?,33-,34-,36+,37+,43?,44-,45-,51+,52+/m0/s1. The fourth-order valence-corrected chi connectivity index (χ4v) is 12.9. The van der Waals surface area contributed by atoms with Gasteiger partial charge in [-0.15, -0.1) is 0 Å². The smallest absolute Gasteiger partial charge is 0.445 e. The van der Waals surface area contributed by atoms with Crippen molar-refractivity contribution >= 4 is 91.0 Å². The number of hydrogen-bond donors (Lipinski definition) is 9. The molecule has 0 radical (unpaired) electrons. The van der Waals surface area contributed by atoms with Gasteiger partial charge in [-0.05, 0) is 49.1 Å². The van der Waals surface area contributed by atoms with Crippen molar-refractivity contribution in [3.05, 3.63) is 76.9 Å². The lowest BCUT2D eigenvalue weighted by Gasteiger charge is -2.27. The van der Waals surface area contributed by atoms with Crippen LogP contribution >= 0.6 is 15.6 Å². The average Bonchev–Trinajstić information content (AvgIpc) is 1.62. The maximum Gasteiger partial charge on any atom is 0.472 e. The predicted molar refractivity (Wildman–Crippen MR) is 311 cm³/mol. The van der Waals surface area contributed by atoms with Crippen molar-refractivity contribution in [3.63, 3.8) is 0 Å². The molecule has 4 aliphatic heterocycles. The number of nitrogen functional groups attached to an aromatic ring is 2. The molecule has 0 spiro atoms. The number of aliphatic hydroxyl groups excluding tert-OH is 1. The fourth-order valence-electron chi connectivity index (χ4n) is 11.0. The molecule has 1 aromatic carbocycles. The zero-order chi connectivity index (χ0) is 64.6. The van der Waals surface area contributed by atoms with E-state index >= 15 is 0 Å². The molecule has 9 rings (SSSR count). The van der Waals surface area contributed by atoms with Crippen LogP contribution in [0.5, 0.6) is 0 Å². The second-order valence-electron chi connectivity index (χ2n) is 22.4. The minimum absolute atomic E-state index is 0.00294. The molecule has 34 nitrogen and oxygen atoms in total. The summed E-state index contributed by atoms with van der Waals surface area (Å²) in [5.41, 5.74) is 17.4. The number of ketones is 2. The van der Waals surface area contributed by atoms with Crippen LogP contribution in [0.1, 0.15) is 102 Å². The highest BCUT2D eigenvalue weighted by Gasteiger charge is 2.54. The number of ether oxygens (including phenoxy) is 3. The van der Waals surface area contributed by atoms with E-state index in [2.05, 4.69) is 40.5 Å². The van der Waals surface area contributed by atoms with Crippen LogP contribution in [0.4, 0.5) is 16.6 Å². The number of rotatable bonds is 26. The van der Waals surface area contributed by atoms with E-state index in [1.165, 1.54) is 27.6 Å². The van der Waals surface area contributed by atoms with Crippen molar-refractivity contribution in [2.24, 2.45) is 23.5 Å². The minimum atomic E-state index is -5.29. The highest BCUT2D eigenvalue weighted by molar-refractivity contribution is 7.47. The first kappa shape index (κ1) is 66.7. The second-order valence-corrected chi connectivity index (χ2v) is 25.2. The number of primary amides is 1. The first-order chi connectivity index (χ1) is 42.8. The van der Waals surface area contributed by atoms with Gasteiger partial charge in [0.25, 0.3) is 17.4 Å². The third-order valence-corrected chi connectivity index (χ3v) is 17.7. The van der Waals surface area contributed by atoms with E-state index in [0.29, 0.717) is 43.2 Å². The maximum absolute atomic E-state index is 14.1. The average molecular weight is 1300 g/mol. The number of nitrogens with two attached hydrogens (primary N) is 3. The number of nitrogens with one attached hydrogen (secondary N) is 3. The molecule has 5 aromatic rings. The monoisotopic (exact) mass is 1300 g/mol. The number of unbranched alkanes of at least 4 members (excludes halogenated alkanes) is 3. The molecule has 3 saturated heterocycles. The Morgan fingerprint density at radius 1 is 0.800 bits per heavy atom. The zero-order valence-corrected chi connectivity index (χ0v) is 50.6. The lowest BCUT2D eigenvalue weighted by molar-refractivity contribution is -0.137. The first-order valence-electron chi connectivity index (χ1n) is 29.0. The van der Waals surface area contributed by atoms with Crippen molar-refractivity contribution in [2.75, 3.05) is 37.8 Å². The predicted octanol–water partition coefficient (Wildman–Crippen LogP) is 1.59. The number of benzene rings is 1. The Morgan fingerprint density at radius 3 is 2.14 bits per heavy atom. The number of alkyl carbamates (subject to hydrolysis) is 1. The number of aromatic amines is 1. The SMILES string of the molecule is CC(C)[C@H](CC(=O)CCCCCN1C(=O)C=CC1=O)C(=O)N[C@@H](CCCCC(N)=O)C(=O)Cc1ccc(COC(=O)NCCC2[C@H]3COP(=O)(O)O[C@@H]4C(O)[C@H](n5cnc6c(N)ncnc65)O[C@@H]4COP(=O)(O)O[C@@H]2[C@H](n2cnc4c(=O)[nH]c(N)nc42)O3)cc1. The normalized spacial score (nSPS) is 26.0. The van der Waals surface area contributed by atoms with E-state index in [1.807, 2.05) is 0 Å². The summed E-state index contributed by atoms with van der Waals surface area (Å²) in [6.07, 6.45) is -3.51. The van der Waals surface area contributed by atoms with Crippen molar-refractivity contribution in [2.45, 2.75) is 140 Å². The zero-order valence-electron chi connectivity index (χ0n) is 48.8. The van der Waals surface area contributed by atoms with Crippen LogP contribution in [-0.2, 0) is 83.2 Å². The lowest BCUT2D eigenvalue weighted by atomic mass is 9.88. The Kier molecular flexibility index (Phi) is 21.5. The number of Topliss-reactive ketones (excluding diaryl/α,β-unsaturated/α-hetero) is 2. The van der Waals surface area contributed by atoms with E-state index in [9.17, 15) is 62.4 Å². The number of carbonyl (C=O) groups is 7. The van der Waals surface area contributed by atoms with Gasteiger partial charge in [0.15, 0.2) is 40.9 Å². The molecule has 0 saturated carbocycles. The van der Waals surface area contributed by atoms with Gasteiger partial charge in [0, 0.05) is 62.8 Å². The minimum Gasteiger partial charge on any atom is -0.445 e. The van der Waals surface area contributed by atoms with Gasteiger partial charge in [-0.3, -0.25) is 70.7 Å². The Balaban J connectivity index is 0.818. The molecule has 36 heteroatoms. The molecule has 5 amide bonds. The topological polar surface area (TPSA) is 491 Å². The number of amides is 5. The Morgan fingerprint density at radius 2 is 1.44 bits per heavy atom. The van der Waals surface area contributed by atoms with Gasteiger partial charge in [-0.2, -0.15) is 4.98 Å². The number of H-pyrrole nitrogens is 1. The van der Waals surface area contributed by atoms with Crippen LogP contribution in [0.15, 0.2) is 60.2 Å². The van der Waals surface area contributed by atoms with Crippen molar-refractivity contribution in [3.8, 4) is 0 Å². The van der Waals surface area contributed by atoms with E-state index in [0.717, 1.165) is 17.6 Å². The molecular formula is C54H70N14O20P2. The van der Waals surface area contributed by atoms with Gasteiger partial charge in [0.2, 0.25) is 17.8 Å². The number of imide groups is 1. The molecular weight excluding hydrogens is 1230 g/mol. The molecule has 3 fully saturated rings. The number of anilines is 2. The summed E-state index contributed by atoms with van der Waals surface area (Å²) in [6, 6.07) is 5.57. The van der Waals surface area contributed by atoms with E-state index < -0.39 is 113 Å². The van der Waals surface area contributed by atoms with Crippen LogP contribution in [0, 0.1) is 17.8 Å². The molecule has 486 valence electrons. The molecule has 0 aliphatic carbocycles. The summed E-state index contributed by atoms with van der Waals surface area (Å²) in [5, 5.41) is 17.0. The second kappa shape index (κ2) is 29.0. The number of imidazole rings is 2. The number of nitrogens with zero attached hydrogens (tertiary/aromatic N) is 8. The molecule has 4 aliphatic rings. The summed E-state index contributed by atoms with van der Waals surface area (Å²) in [7, 11) is -10.5. The van der Waals surface area contributed by atoms with Crippen LogP contribution in [0.2, 0.25) is 0 Å². The number of hydrogen-bond acceptors (Lipinski definition) is 25. The van der Waals surface area contributed by atoms with E-state index in [4.69, 9.17) is 49.5 Å². The Labute approximate surface area is 512 Å². The number of carbonyl (C=O) groups excluding carboxylic acids is 7. The summed E-state index contributed by atoms with van der Waals surface area (Å²) >= 11 is 0. The quantitative estimate of drug-likeness (QED) is 0.0216. The molecule has 8 heterocycles. The van der Waals surface area contributed by atoms with Crippen LogP contribution < -0.4 is 33.4 Å². The van der Waals surface area contributed by atoms with Gasteiger partial charge in [-0.1, -0.05) is 51.0 Å². The lowest BCUT2D eigenvalue weighted by Crippen LogP contribution is -2.45. The third kappa shape index (κ3) is 16.4. The van der Waals surface area contributed by atoms with Crippen LogP contribution in [0.3, 0.4) is 0 Å². The van der Waals surface area contributed by atoms with Crippen LogP contribution in [-0.4, -0.2) is 163 Å².